The van der Waals surface area contributed by atoms with Crippen LogP contribution in [0.5, 0.6) is 0 Å². The summed E-state index contributed by atoms with van der Waals surface area (Å²) in [4.78, 5) is 4.53. The predicted octanol–water partition coefficient (Wildman–Crippen LogP) is 4.55. The van der Waals surface area contributed by atoms with Crippen LogP contribution in [0.25, 0.3) is 10.9 Å². The van der Waals surface area contributed by atoms with Crippen LogP contribution < -0.4 is 4.72 Å². The van der Waals surface area contributed by atoms with Crippen LogP contribution in [0.1, 0.15) is 31.7 Å². The average Bonchev–Trinajstić information content (AvgIpc) is 2.60. The lowest BCUT2D eigenvalue weighted by Crippen LogP contribution is -2.13. The zero-order chi connectivity index (χ0) is 17.2. The third kappa shape index (κ3) is 3.41. The molecule has 1 aromatic heterocycles. The summed E-state index contributed by atoms with van der Waals surface area (Å²) in [5.74, 6) is 0.416. The molecule has 0 aliphatic rings. The molecule has 0 unspecified atom stereocenters. The molecule has 3 rings (SSSR count). The Bertz CT molecular complexity index is 951. The number of hydrogen-bond acceptors (Lipinski definition) is 3. The highest BCUT2D eigenvalue weighted by atomic mass is 32.2. The van der Waals surface area contributed by atoms with Gasteiger partial charge in [0.25, 0.3) is 10.0 Å². The van der Waals surface area contributed by atoms with Gasteiger partial charge in [0.15, 0.2) is 0 Å². The first-order valence-electron chi connectivity index (χ1n) is 7.97. The lowest BCUT2D eigenvalue weighted by Gasteiger charge is -2.11. The van der Waals surface area contributed by atoms with Crippen LogP contribution >= 0.6 is 0 Å². The molecule has 124 valence electrons. The van der Waals surface area contributed by atoms with E-state index in [2.05, 4.69) is 23.6 Å². The highest BCUT2D eigenvalue weighted by Gasteiger charge is 2.15. The lowest BCUT2D eigenvalue weighted by atomic mass is 9.99. The maximum absolute atomic E-state index is 12.5. The van der Waals surface area contributed by atoms with Crippen molar-refractivity contribution in [2.45, 2.75) is 31.1 Å². The topological polar surface area (TPSA) is 59.1 Å². The van der Waals surface area contributed by atoms with E-state index in [4.69, 9.17) is 0 Å². The highest BCUT2D eigenvalue weighted by molar-refractivity contribution is 7.92. The second kappa shape index (κ2) is 6.61. The lowest BCUT2D eigenvalue weighted by molar-refractivity contribution is 0.601. The number of benzene rings is 2. The fourth-order valence-corrected chi connectivity index (χ4v) is 3.59. The number of pyridine rings is 1. The van der Waals surface area contributed by atoms with Gasteiger partial charge >= 0.3 is 0 Å². The van der Waals surface area contributed by atoms with Crippen molar-refractivity contribution in [1.29, 1.82) is 0 Å². The number of aromatic nitrogens is 1. The van der Waals surface area contributed by atoms with Crippen LogP contribution in [0.3, 0.4) is 0 Å². The molecule has 0 amide bonds. The van der Waals surface area contributed by atoms with Crippen molar-refractivity contribution in [2.75, 3.05) is 4.72 Å². The summed E-state index contributed by atoms with van der Waals surface area (Å²) < 4.78 is 27.7. The number of rotatable bonds is 5. The first-order valence-corrected chi connectivity index (χ1v) is 9.45. The molecule has 0 aliphatic heterocycles. The van der Waals surface area contributed by atoms with Crippen molar-refractivity contribution in [1.82, 2.24) is 4.98 Å². The monoisotopic (exact) mass is 340 g/mol. The van der Waals surface area contributed by atoms with Gasteiger partial charge < -0.3 is 0 Å². The summed E-state index contributed by atoms with van der Waals surface area (Å²) in [6.07, 6.45) is 2.56. The summed E-state index contributed by atoms with van der Waals surface area (Å²) in [5.41, 5.74) is 2.43. The van der Waals surface area contributed by atoms with E-state index in [1.54, 1.807) is 18.2 Å². The van der Waals surface area contributed by atoms with Gasteiger partial charge in [-0.15, -0.1) is 0 Å². The summed E-state index contributed by atoms with van der Waals surface area (Å²) >= 11 is 0. The molecule has 0 saturated heterocycles. The van der Waals surface area contributed by atoms with Gasteiger partial charge in [0, 0.05) is 5.39 Å². The Morgan fingerprint density at radius 1 is 1.08 bits per heavy atom. The highest BCUT2D eigenvalue weighted by Crippen LogP contribution is 2.23. The van der Waals surface area contributed by atoms with Gasteiger partial charge in [-0.25, -0.2) is 8.42 Å². The molecule has 1 N–H and O–H groups in total. The van der Waals surface area contributed by atoms with E-state index in [0.29, 0.717) is 11.6 Å². The van der Waals surface area contributed by atoms with Crippen LogP contribution in [0.2, 0.25) is 0 Å². The van der Waals surface area contributed by atoms with Gasteiger partial charge in [-0.2, -0.15) is 0 Å². The van der Waals surface area contributed by atoms with E-state index in [0.717, 1.165) is 22.9 Å². The second-order valence-corrected chi connectivity index (χ2v) is 7.58. The first kappa shape index (κ1) is 16.5. The normalized spacial score (nSPS) is 12.9. The quantitative estimate of drug-likeness (QED) is 0.741. The molecule has 0 saturated carbocycles. The Labute approximate surface area is 142 Å². The van der Waals surface area contributed by atoms with Crippen LogP contribution in [0.15, 0.2) is 65.7 Å². The zero-order valence-corrected chi connectivity index (χ0v) is 14.5. The molecule has 0 fully saturated rings. The van der Waals surface area contributed by atoms with E-state index in [9.17, 15) is 8.42 Å². The average molecular weight is 340 g/mol. The molecule has 3 aromatic rings. The van der Waals surface area contributed by atoms with Crippen molar-refractivity contribution < 1.29 is 8.42 Å². The largest absolute Gasteiger partial charge is 0.278 e. The molecule has 24 heavy (non-hydrogen) atoms. The van der Waals surface area contributed by atoms with Crippen molar-refractivity contribution >= 4 is 26.6 Å². The van der Waals surface area contributed by atoms with Crippen LogP contribution in [-0.2, 0) is 10.0 Å². The fraction of sp³-hybridized carbons (Fsp3) is 0.211. The fourth-order valence-electron chi connectivity index (χ4n) is 2.55. The number of nitrogens with one attached hydrogen (secondary N) is 1. The van der Waals surface area contributed by atoms with Crippen LogP contribution in [0, 0.1) is 0 Å². The third-order valence-corrected chi connectivity index (χ3v) is 5.61. The Morgan fingerprint density at radius 2 is 1.79 bits per heavy atom. The van der Waals surface area contributed by atoms with Crippen molar-refractivity contribution in [2.24, 2.45) is 0 Å². The molecule has 4 nitrogen and oxygen atoms in total. The van der Waals surface area contributed by atoms with Gasteiger partial charge in [0.2, 0.25) is 0 Å². The summed E-state index contributed by atoms with van der Waals surface area (Å²) in [5, 5.41) is 0.893. The number of sulfonamides is 1. The molecule has 0 spiro atoms. The van der Waals surface area contributed by atoms with E-state index in [-0.39, 0.29) is 4.90 Å². The minimum Gasteiger partial charge on any atom is -0.278 e. The number of anilines is 1. The van der Waals surface area contributed by atoms with Gasteiger partial charge in [0.05, 0.1) is 22.3 Å². The summed E-state index contributed by atoms with van der Waals surface area (Å²) in [7, 11) is -3.62. The molecular weight excluding hydrogens is 320 g/mol. The number of hydrogen-bond donors (Lipinski definition) is 1. The standard InChI is InChI=1S/C19H20N2O2S/c1-3-14(2)15-8-10-18(11-9-15)24(22,23)21-17-12-16-6-4-5-7-19(16)20-13-17/h4-14,21H,3H2,1-2H3/t14-/m0/s1. The summed E-state index contributed by atoms with van der Waals surface area (Å²) in [6.45, 7) is 4.24. The first-order chi connectivity index (χ1) is 11.5. The second-order valence-electron chi connectivity index (χ2n) is 5.90. The Morgan fingerprint density at radius 3 is 2.50 bits per heavy atom. The van der Waals surface area contributed by atoms with Crippen molar-refractivity contribution in [3.05, 3.63) is 66.4 Å². The molecule has 0 aliphatic carbocycles. The predicted molar refractivity (Wildman–Crippen MR) is 97.7 cm³/mol. The molecule has 0 bridgehead atoms. The van der Waals surface area contributed by atoms with E-state index in [1.807, 2.05) is 36.4 Å². The van der Waals surface area contributed by atoms with E-state index < -0.39 is 10.0 Å². The van der Waals surface area contributed by atoms with Crippen LogP contribution in [0.4, 0.5) is 5.69 Å². The van der Waals surface area contributed by atoms with Gasteiger partial charge in [-0.05, 0) is 42.2 Å². The number of nitrogens with zero attached hydrogens (tertiary/aromatic N) is 1. The SMILES string of the molecule is CC[C@H](C)c1ccc(S(=O)(=O)Nc2cnc3ccccc3c2)cc1. The van der Waals surface area contributed by atoms with Crippen molar-refractivity contribution in [3.8, 4) is 0 Å². The molecule has 5 heteroatoms. The van der Waals surface area contributed by atoms with Gasteiger partial charge in [-0.1, -0.05) is 44.2 Å². The Hall–Kier alpha value is -2.40. The molecule has 2 aromatic carbocycles. The molecule has 0 radical (unpaired) electrons. The maximum atomic E-state index is 12.5. The number of fused-ring (bicyclic) bond motifs is 1. The van der Waals surface area contributed by atoms with Crippen molar-refractivity contribution in [3.63, 3.8) is 0 Å². The minimum absolute atomic E-state index is 0.253. The maximum Gasteiger partial charge on any atom is 0.261 e. The smallest absolute Gasteiger partial charge is 0.261 e. The molecule has 1 atom stereocenters. The Balaban J connectivity index is 1.86. The minimum atomic E-state index is -3.62. The zero-order valence-electron chi connectivity index (χ0n) is 13.7. The summed E-state index contributed by atoms with van der Waals surface area (Å²) in [6, 6.07) is 16.4. The third-order valence-electron chi connectivity index (χ3n) is 4.21. The molecular formula is C19H20N2O2S. The number of para-hydroxylation sites is 1. The molecule has 1 heterocycles. The van der Waals surface area contributed by atoms with E-state index >= 15 is 0 Å². The van der Waals surface area contributed by atoms with E-state index in [1.165, 1.54) is 6.20 Å². The Kier molecular flexibility index (Phi) is 4.53. The van der Waals surface area contributed by atoms with Gasteiger partial charge in [0.1, 0.15) is 0 Å². The van der Waals surface area contributed by atoms with Gasteiger partial charge in [-0.3, -0.25) is 9.71 Å². The van der Waals surface area contributed by atoms with Crippen LogP contribution in [-0.4, -0.2) is 13.4 Å².